The van der Waals surface area contributed by atoms with E-state index in [4.69, 9.17) is 4.74 Å². The first-order valence-corrected chi connectivity index (χ1v) is 14.4. The highest BCUT2D eigenvalue weighted by Crippen LogP contribution is 2.21. The van der Waals surface area contributed by atoms with E-state index >= 15 is 0 Å². The highest BCUT2D eigenvalue weighted by molar-refractivity contribution is 14.1. The van der Waals surface area contributed by atoms with Crippen molar-refractivity contribution in [3.8, 4) is 11.5 Å². The summed E-state index contributed by atoms with van der Waals surface area (Å²) in [5.41, 5.74) is 6.80. The Kier molecular flexibility index (Phi) is 7.62. The quantitative estimate of drug-likeness (QED) is 0.322. The number of nitrogens with zero attached hydrogens (tertiary/aromatic N) is 2. The highest BCUT2D eigenvalue weighted by atomic mass is 127. The van der Waals surface area contributed by atoms with Crippen molar-refractivity contribution < 1.29 is 9.53 Å². The monoisotopic (exact) mass is 512 g/mol. The van der Waals surface area contributed by atoms with Crippen LogP contribution >= 0.6 is 22.6 Å². The molecule has 1 aromatic rings. The second-order valence-corrected chi connectivity index (χ2v) is 15.5. The van der Waals surface area contributed by atoms with Crippen LogP contribution in [0.1, 0.15) is 37.5 Å². The van der Waals surface area contributed by atoms with Gasteiger partial charge in [0.05, 0.1) is 0 Å². The Bertz CT molecular complexity index is 777. The first kappa shape index (κ1) is 23.2. The van der Waals surface area contributed by atoms with Crippen molar-refractivity contribution in [2.45, 2.75) is 59.5 Å². The highest BCUT2D eigenvalue weighted by Gasteiger charge is 2.26. The van der Waals surface area contributed by atoms with Gasteiger partial charge in [-0.2, -0.15) is 0 Å². The molecule has 0 aliphatic carbocycles. The lowest BCUT2D eigenvalue weighted by Gasteiger charge is -2.35. The van der Waals surface area contributed by atoms with Gasteiger partial charge in [0.15, 0.2) is 0 Å². The van der Waals surface area contributed by atoms with E-state index in [0.717, 1.165) is 25.2 Å². The molecule has 1 aliphatic heterocycles. The van der Waals surface area contributed by atoms with Crippen LogP contribution in [0.4, 0.5) is 4.79 Å². The maximum absolute atomic E-state index is 12.2. The average Bonchev–Trinajstić information content (AvgIpc) is 2.55. The van der Waals surface area contributed by atoms with Gasteiger partial charge in [-0.3, -0.25) is 4.90 Å². The number of carbonyl (C=O) groups excluding carboxylic acids is 1. The Labute approximate surface area is 185 Å². The van der Waals surface area contributed by atoms with E-state index in [9.17, 15) is 4.79 Å². The molecular formula is C22H33IN2O2Si. The largest absolute Gasteiger partial charge is 0.444 e. The van der Waals surface area contributed by atoms with Crippen LogP contribution in [-0.2, 0) is 11.3 Å². The Morgan fingerprint density at radius 1 is 1.18 bits per heavy atom. The summed E-state index contributed by atoms with van der Waals surface area (Å²) in [6.07, 6.45) is -0.207. The second-order valence-electron chi connectivity index (χ2n) is 9.48. The number of amides is 1. The first-order valence-electron chi connectivity index (χ1n) is 9.86. The molecule has 0 radical (unpaired) electrons. The molecule has 0 saturated carbocycles. The predicted octanol–water partition coefficient (Wildman–Crippen LogP) is 4.88. The molecule has 1 saturated heterocycles. The molecule has 28 heavy (non-hydrogen) atoms. The van der Waals surface area contributed by atoms with E-state index in [-0.39, 0.29) is 6.09 Å². The van der Waals surface area contributed by atoms with E-state index < -0.39 is 13.7 Å². The summed E-state index contributed by atoms with van der Waals surface area (Å²) in [7, 11) is -1.40. The third-order valence-corrected chi connectivity index (χ3v) is 5.97. The lowest BCUT2D eigenvalue weighted by atomic mass is 10.0. The number of hydrogen-bond donors (Lipinski definition) is 0. The minimum atomic E-state index is -1.40. The lowest BCUT2D eigenvalue weighted by Crippen LogP contribution is -2.49. The zero-order valence-electron chi connectivity index (χ0n) is 18.3. The summed E-state index contributed by atoms with van der Waals surface area (Å²) in [5.74, 6) is 3.43. The molecule has 6 heteroatoms. The van der Waals surface area contributed by atoms with E-state index in [1.807, 2.05) is 25.7 Å². The fourth-order valence-corrected chi connectivity index (χ4v) is 4.14. The molecule has 1 heterocycles. The standard InChI is InChI=1S/C22H33IN2O2Si/c1-17-18(8-13-28(5,6)7)14-20(23)15-19(17)16-24-9-11-25(12-10-24)21(26)27-22(2,3)4/h14-15H,9-12,16H2,1-7H3. The van der Waals surface area contributed by atoms with E-state index in [1.54, 1.807) is 0 Å². The zero-order valence-corrected chi connectivity index (χ0v) is 21.4. The van der Waals surface area contributed by atoms with Crippen molar-refractivity contribution in [2.24, 2.45) is 0 Å². The maximum Gasteiger partial charge on any atom is 0.410 e. The van der Waals surface area contributed by atoms with Gasteiger partial charge >= 0.3 is 6.09 Å². The fourth-order valence-electron chi connectivity index (χ4n) is 2.94. The second kappa shape index (κ2) is 9.18. The molecule has 4 nitrogen and oxygen atoms in total. The predicted molar refractivity (Wildman–Crippen MR) is 127 cm³/mol. The Balaban J connectivity index is 2.04. The summed E-state index contributed by atoms with van der Waals surface area (Å²) in [6.45, 7) is 18.7. The number of benzene rings is 1. The van der Waals surface area contributed by atoms with Crippen LogP contribution in [0, 0.1) is 22.0 Å². The minimum Gasteiger partial charge on any atom is -0.444 e. The molecular weight excluding hydrogens is 479 g/mol. The van der Waals surface area contributed by atoms with Gasteiger partial charge in [-0.1, -0.05) is 25.6 Å². The average molecular weight is 513 g/mol. The molecule has 0 N–H and O–H groups in total. The molecule has 0 spiro atoms. The Morgan fingerprint density at radius 3 is 2.32 bits per heavy atom. The molecule has 0 bridgehead atoms. The van der Waals surface area contributed by atoms with Crippen molar-refractivity contribution in [1.29, 1.82) is 0 Å². The topological polar surface area (TPSA) is 32.8 Å². The normalized spacial score (nSPS) is 15.8. The molecule has 0 aromatic heterocycles. The minimum absolute atomic E-state index is 0.207. The Hall–Kier alpha value is -1.04. The van der Waals surface area contributed by atoms with Gasteiger partial charge in [0.1, 0.15) is 13.7 Å². The lowest BCUT2D eigenvalue weighted by molar-refractivity contribution is 0.0139. The van der Waals surface area contributed by atoms with Gasteiger partial charge in [0, 0.05) is 41.9 Å². The van der Waals surface area contributed by atoms with Gasteiger partial charge in [0.2, 0.25) is 0 Å². The van der Waals surface area contributed by atoms with Crippen LogP contribution in [0.5, 0.6) is 0 Å². The van der Waals surface area contributed by atoms with Crippen molar-refractivity contribution >= 4 is 36.8 Å². The number of halogens is 1. The van der Waals surface area contributed by atoms with Gasteiger partial charge in [-0.15, -0.1) is 5.54 Å². The molecule has 1 amide bonds. The smallest absolute Gasteiger partial charge is 0.410 e. The number of carbonyl (C=O) groups is 1. The van der Waals surface area contributed by atoms with Gasteiger partial charge in [-0.25, -0.2) is 4.79 Å². The van der Waals surface area contributed by atoms with Crippen LogP contribution in [-0.4, -0.2) is 55.7 Å². The number of piperazine rings is 1. The van der Waals surface area contributed by atoms with E-state index in [1.165, 1.54) is 14.7 Å². The summed E-state index contributed by atoms with van der Waals surface area (Å²) >= 11 is 2.38. The van der Waals surface area contributed by atoms with Crippen LogP contribution in [0.2, 0.25) is 19.6 Å². The van der Waals surface area contributed by atoms with Gasteiger partial charge in [0.25, 0.3) is 0 Å². The summed E-state index contributed by atoms with van der Waals surface area (Å²) in [5, 5.41) is 0. The van der Waals surface area contributed by atoms with Crippen LogP contribution in [0.3, 0.4) is 0 Å². The fraction of sp³-hybridized carbons (Fsp3) is 0.591. The molecule has 1 aliphatic rings. The molecule has 1 fully saturated rings. The summed E-state index contributed by atoms with van der Waals surface area (Å²) in [6, 6.07) is 4.45. The van der Waals surface area contributed by atoms with Crippen LogP contribution in [0.25, 0.3) is 0 Å². The Morgan fingerprint density at radius 2 is 1.79 bits per heavy atom. The van der Waals surface area contributed by atoms with Crippen molar-refractivity contribution in [3.63, 3.8) is 0 Å². The zero-order chi connectivity index (χ0) is 21.1. The third kappa shape index (κ3) is 7.41. The molecule has 2 rings (SSSR count). The summed E-state index contributed by atoms with van der Waals surface area (Å²) in [4.78, 5) is 16.5. The van der Waals surface area contributed by atoms with E-state index in [2.05, 4.69) is 77.7 Å². The molecule has 1 aromatic carbocycles. The van der Waals surface area contributed by atoms with Gasteiger partial charge < -0.3 is 9.64 Å². The van der Waals surface area contributed by atoms with Crippen LogP contribution < -0.4 is 0 Å². The van der Waals surface area contributed by atoms with E-state index in [0.29, 0.717) is 13.1 Å². The SMILES string of the molecule is Cc1c(C#C[Si](C)(C)C)cc(I)cc1CN1CCN(C(=O)OC(C)(C)C)CC1. The number of ether oxygens (including phenoxy) is 1. The number of hydrogen-bond acceptors (Lipinski definition) is 3. The summed E-state index contributed by atoms with van der Waals surface area (Å²) < 4.78 is 6.72. The molecule has 154 valence electrons. The maximum atomic E-state index is 12.2. The van der Waals surface area contributed by atoms with Crippen molar-refractivity contribution in [3.05, 3.63) is 32.4 Å². The van der Waals surface area contributed by atoms with Crippen molar-refractivity contribution in [1.82, 2.24) is 9.80 Å². The van der Waals surface area contributed by atoms with Gasteiger partial charge in [-0.05, 0) is 73.5 Å². The number of rotatable bonds is 2. The third-order valence-electron chi connectivity index (χ3n) is 4.47. The molecule has 0 unspecified atom stereocenters. The first-order chi connectivity index (χ1) is 12.8. The van der Waals surface area contributed by atoms with Crippen LogP contribution in [0.15, 0.2) is 12.1 Å². The van der Waals surface area contributed by atoms with Crippen molar-refractivity contribution in [2.75, 3.05) is 26.2 Å². The molecule has 0 atom stereocenters.